The van der Waals surface area contributed by atoms with E-state index in [1.807, 2.05) is 24.3 Å². The molecular weight excluding hydrogens is 198 g/mol. The van der Waals surface area contributed by atoms with E-state index in [1.54, 1.807) is 6.20 Å². The van der Waals surface area contributed by atoms with Crippen LogP contribution in [0.15, 0.2) is 40.4 Å². The zero-order valence-corrected chi connectivity index (χ0v) is 7.99. The highest BCUT2D eigenvalue weighted by molar-refractivity contribution is 7.98. The molecule has 1 aromatic rings. The number of ether oxygens (including phenoxy) is 1. The third kappa shape index (κ3) is 1.46. The lowest BCUT2D eigenvalue weighted by molar-refractivity contribution is 0.304. The topological polar surface area (TPSA) is 46.5 Å². The molecule has 1 aromatic heterocycles. The second kappa shape index (κ2) is 3.02. The number of nitrogens with one attached hydrogen (secondary N) is 1. The molecule has 14 heavy (non-hydrogen) atoms. The summed E-state index contributed by atoms with van der Waals surface area (Å²) in [4.78, 5) is 9.40. The quantitative estimate of drug-likeness (QED) is 0.559. The van der Waals surface area contributed by atoms with Gasteiger partial charge in [0.1, 0.15) is 6.10 Å². The van der Waals surface area contributed by atoms with Gasteiger partial charge in [-0.2, -0.15) is 4.99 Å². The molecule has 0 spiro atoms. The molecule has 0 atom stereocenters. The van der Waals surface area contributed by atoms with E-state index in [2.05, 4.69) is 14.7 Å². The third-order valence-electron chi connectivity index (χ3n) is 1.80. The average molecular weight is 205 g/mol. The lowest BCUT2D eigenvalue weighted by Gasteiger charge is -2.15. The molecule has 4 nitrogen and oxygen atoms in total. The monoisotopic (exact) mass is 205 g/mol. The van der Waals surface area contributed by atoms with Crippen molar-refractivity contribution in [1.82, 2.24) is 9.71 Å². The van der Waals surface area contributed by atoms with Crippen LogP contribution in [0.4, 0.5) is 5.82 Å². The van der Waals surface area contributed by atoms with Crippen molar-refractivity contribution in [2.75, 3.05) is 0 Å². The maximum absolute atomic E-state index is 5.43. The number of nitrogens with zero attached hydrogens (tertiary/aromatic N) is 2. The molecule has 0 amide bonds. The van der Waals surface area contributed by atoms with Crippen LogP contribution >= 0.6 is 11.9 Å². The van der Waals surface area contributed by atoms with Crippen molar-refractivity contribution < 1.29 is 4.74 Å². The van der Waals surface area contributed by atoms with Gasteiger partial charge in [-0.1, -0.05) is 0 Å². The van der Waals surface area contributed by atoms with Gasteiger partial charge in [-0.3, -0.25) is 4.72 Å². The first-order chi connectivity index (χ1) is 6.92. The minimum absolute atomic E-state index is 0.118. The van der Waals surface area contributed by atoms with E-state index >= 15 is 0 Å². The molecule has 0 bridgehead atoms. The molecule has 5 heteroatoms. The zero-order valence-electron chi connectivity index (χ0n) is 7.18. The molecule has 0 saturated carbocycles. The SMILES string of the molecule is C1=CC1OC1=Nc2ncccc2SN1. The van der Waals surface area contributed by atoms with Gasteiger partial charge in [-0.15, -0.1) is 0 Å². The lowest BCUT2D eigenvalue weighted by Crippen LogP contribution is -2.23. The van der Waals surface area contributed by atoms with Gasteiger partial charge in [0.05, 0.1) is 4.90 Å². The van der Waals surface area contributed by atoms with E-state index in [4.69, 9.17) is 4.74 Å². The molecule has 1 aliphatic heterocycles. The summed E-state index contributed by atoms with van der Waals surface area (Å²) in [6.45, 7) is 0. The number of pyridine rings is 1. The van der Waals surface area contributed by atoms with Crippen molar-refractivity contribution in [2.24, 2.45) is 4.99 Å². The maximum Gasteiger partial charge on any atom is 0.302 e. The Kier molecular flexibility index (Phi) is 1.70. The fourth-order valence-corrected chi connectivity index (χ4v) is 1.69. The summed E-state index contributed by atoms with van der Waals surface area (Å²) in [5.74, 6) is 0.715. The first-order valence-corrected chi connectivity index (χ1v) is 5.05. The molecule has 1 aliphatic carbocycles. The highest BCUT2D eigenvalue weighted by atomic mass is 32.2. The lowest BCUT2D eigenvalue weighted by atomic mass is 10.5. The second-order valence-corrected chi connectivity index (χ2v) is 3.76. The van der Waals surface area contributed by atoms with Crippen molar-refractivity contribution in [2.45, 2.75) is 11.0 Å². The van der Waals surface area contributed by atoms with Crippen molar-refractivity contribution in [3.63, 3.8) is 0 Å². The Morgan fingerprint density at radius 1 is 1.43 bits per heavy atom. The number of hydrogen-bond donors (Lipinski definition) is 1. The van der Waals surface area contributed by atoms with Gasteiger partial charge >= 0.3 is 6.02 Å². The van der Waals surface area contributed by atoms with Crippen molar-refractivity contribution in [3.8, 4) is 0 Å². The van der Waals surface area contributed by atoms with Crippen LogP contribution in [-0.4, -0.2) is 17.1 Å². The Morgan fingerprint density at radius 3 is 3.21 bits per heavy atom. The van der Waals surface area contributed by atoms with Crippen LogP contribution in [0.25, 0.3) is 0 Å². The number of amidine groups is 1. The summed E-state index contributed by atoms with van der Waals surface area (Å²) >= 11 is 1.47. The molecular formula is C9H7N3OS. The van der Waals surface area contributed by atoms with Crippen LogP contribution in [0.3, 0.4) is 0 Å². The van der Waals surface area contributed by atoms with Gasteiger partial charge in [-0.05, 0) is 36.2 Å². The van der Waals surface area contributed by atoms with E-state index in [-0.39, 0.29) is 6.10 Å². The Morgan fingerprint density at radius 2 is 2.36 bits per heavy atom. The molecule has 2 aliphatic rings. The van der Waals surface area contributed by atoms with E-state index in [0.717, 1.165) is 4.90 Å². The van der Waals surface area contributed by atoms with E-state index < -0.39 is 0 Å². The molecule has 2 heterocycles. The summed E-state index contributed by atoms with van der Waals surface area (Å²) in [6.07, 6.45) is 5.76. The smallest absolute Gasteiger partial charge is 0.302 e. The van der Waals surface area contributed by atoms with Crippen LogP contribution in [0.1, 0.15) is 0 Å². The first kappa shape index (κ1) is 7.87. The Hall–Kier alpha value is -1.49. The Labute approximate surface area is 85.2 Å². The summed E-state index contributed by atoms with van der Waals surface area (Å²) in [5.41, 5.74) is 0. The van der Waals surface area contributed by atoms with Gasteiger partial charge in [-0.25, -0.2) is 4.98 Å². The fourth-order valence-electron chi connectivity index (χ4n) is 1.07. The molecule has 0 saturated heterocycles. The molecule has 3 rings (SSSR count). The van der Waals surface area contributed by atoms with Gasteiger partial charge in [0, 0.05) is 6.20 Å². The highest BCUT2D eigenvalue weighted by Gasteiger charge is 2.19. The van der Waals surface area contributed by atoms with Crippen LogP contribution in [0.2, 0.25) is 0 Å². The minimum atomic E-state index is 0.118. The van der Waals surface area contributed by atoms with Gasteiger partial charge in [0.15, 0.2) is 5.82 Å². The fraction of sp³-hybridized carbons (Fsp3) is 0.111. The van der Waals surface area contributed by atoms with Crippen molar-refractivity contribution in [3.05, 3.63) is 30.5 Å². The largest absolute Gasteiger partial charge is 0.453 e. The second-order valence-electron chi connectivity index (χ2n) is 2.91. The van der Waals surface area contributed by atoms with Crippen LogP contribution < -0.4 is 4.72 Å². The molecule has 1 N–H and O–H groups in total. The predicted molar refractivity (Wildman–Crippen MR) is 54.3 cm³/mol. The number of rotatable bonds is 1. The molecule has 0 radical (unpaired) electrons. The average Bonchev–Trinajstić information content (AvgIpc) is 3.02. The number of aromatic nitrogens is 1. The maximum atomic E-state index is 5.43. The van der Waals surface area contributed by atoms with Gasteiger partial charge < -0.3 is 4.74 Å². The van der Waals surface area contributed by atoms with Crippen LogP contribution in [0, 0.1) is 0 Å². The zero-order chi connectivity index (χ0) is 9.38. The summed E-state index contributed by atoms with van der Waals surface area (Å²) in [7, 11) is 0. The third-order valence-corrected chi connectivity index (χ3v) is 2.62. The Balaban J connectivity index is 1.86. The van der Waals surface area contributed by atoms with Gasteiger partial charge in [0.2, 0.25) is 0 Å². The molecule has 0 unspecified atom stereocenters. The van der Waals surface area contributed by atoms with Crippen molar-refractivity contribution in [1.29, 1.82) is 0 Å². The number of aliphatic imine (C=N–C) groups is 1. The molecule has 0 fully saturated rings. The number of fused-ring (bicyclic) bond motifs is 1. The number of hydrogen-bond acceptors (Lipinski definition) is 5. The molecule has 70 valence electrons. The first-order valence-electron chi connectivity index (χ1n) is 4.23. The summed E-state index contributed by atoms with van der Waals surface area (Å²) < 4.78 is 8.44. The van der Waals surface area contributed by atoms with Gasteiger partial charge in [0.25, 0.3) is 0 Å². The van der Waals surface area contributed by atoms with Crippen molar-refractivity contribution >= 4 is 23.8 Å². The highest BCUT2D eigenvalue weighted by Crippen LogP contribution is 2.29. The summed E-state index contributed by atoms with van der Waals surface area (Å²) in [5, 5.41) is 0. The molecule has 0 aromatic carbocycles. The normalized spacial score (nSPS) is 18.1. The van der Waals surface area contributed by atoms with E-state index in [9.17, 15) is 0 Å². The van der Waals surface area contributed by atoms with E-state index in [0.29, 0.717) is 11.8 Å². The minimum Gasteiger partial charge on any atom is -0.453 e. The summed E-state index contributed by atoms with van der Waals surface area (Å²) in [6, 6.07) is 4.38. The Bertz CT molecular complexity index is 424. The standard InChI is InChI=1S/C9H7N3OS/c1-2-7-8(10-5-1)11-9(12-14-7)13-6-3-4-6/h1-6H,(H,10,11,12). The van der Waals surface area contributed by atoms with Crippen LogP contribution in [0.5, 0.6) is 0 Å². The van der Waals surface area contributed by atoms with Crippen LogP contribution in [-0.2, 0) is 4.74 Å². The predicted octanol–water partition coefficient (Wildman–Crippen LogP) is 1.63. The van der Waals surface area contributed by atoms with E-state index in [1.165, 1.54) is 11.9 Å².